The van der Waals surface area contributed by atoms with E-state index in [-0.39, 0.29) is 11.8 Å². The summed E-state index contributed by atoms with van der Waals surface area (Å²) in [6, 6.07) is 15.3. The molecule has 0 atom stereocenters. The molecule has 7 heteroatoms. The van der Waals surface area contributed by atoms with Crippen molar-refractivity contribution >= 4 is 35.2 Å². The first-order chi connectivity index (χ1) is 13.2. The number of aromatic nitrogens is 2. The highest BCUT2D eigenvalue weighted by Gasteiger charge is 2.17. The van der Waals surface area contributed by atoms with E-state index in [2.05, 4.69) is 15.6 Å². The van der Waals surface area contributed by atoms with E-state index in [9.17, 15) is 9.59 Å². The fourth-order valence-corrected chi connectivity index (χ4v) is 3.81. The fourth-order valence-electron chi connectivity index (χ4n) is 2.88. The Labute approximate surface area is 161 Å². The zero-order valence-corrected chi connectivity index (χ0v) is 15.3. The molecule has 0 radical (unpaired) electrons. The molecule has 27 heavy (non-hydrogen) atoms. The normalized spacial score (nSPS) is 13.4. The minimum Gasteiger partial charge on any atom is -0.325 e. The Morgan fingerprint density at radius 3 is 2.93 bits per heavy atom. The van der Waals surface area contributed by atoms with Gasteiger partial charge in [-0.25, -0.2) is 4.98 Å². The van der Waals surface area contributed by atoms with Gasteiger partial charge in [0.15, 0.2) is 0 Å². The topological polar surface area (TPSA) is 76.0 Å². The van der Waals surface area contributed by atoms with Crippen molar-refractivity contribution in [2.24, 2.45) is 0 Å². The number of imidazole rings is 1. The maximum atomic E-state index is 12.7. The molecule has 2 amide bonds. The van der Waals surface area contributed by atoms with Gasteiger partial charge in [0.2, 0.25) is 11.9 Å². The summed E-state index contributed by atoms with van der Waals surface area (Å²) in [6.07, 6.45) is 3.96. The summed E-state index contributed by atoms with van der Waals surface area (Å²) in [5.74, 6) is 0.928. The van der Waals surface area contributed by atoms with Gasteiger partial charge >= 0.3 is 0 Å². The first-order valence-corrected chi connectivity index (χ1v) is 9.61. The number of carbonyl (C=O) groups is 2. The van der Waals surface area contributed by atoms with E-state index in [0.717, 1.165) is 16.2 Å². The molecule has 1 aromatic heterocycles. The lowest BCUT2D eigenvalue weighted by Crippen LogP contribution is -2.17. The lowest BCUT2D eigenvalue weighted by Gasteiger charge is -2.11. The Morgan fingerprint density at radius 2 is 2.07 bits per heavy atom. The molecule has 0 bridgehead atoms. The van der Waals surface area contributed by atoms with Crippen molar-refractivity contribution in [3.05, 3.63) is 72.1 Å². The number of nitrogens with zero attached hydrogens (tertiary/aromatic N) is 2. The molecule has 2 aromatic carbocycles. The van der Waals surface area contributed by atoms with Gasteiger partial charge in [0.25, 0.3) is 5.91 Å². The summed E-state index contributed by atoms with van der Waals surface area (Å²) in [5.41, 5.74) is 2.28. The molecule has 0 saturated carbocycles. The van der Waals surface area contributed by atoms with E-state index in [1.54, 1.807) is 30.1 Å². The van der Waals surface area contributed by atoms with Crippen molar-refractivity contribution in [2.75, 3.05) is 16.4 Å². The largest absolute Gasteiger partial charge is 0.325 e. The maximum Gasteiger partial charge on any atom is 0.258 e. The minimum absolute atomic E-state index is 0.0304. The standard InChI is InChI=1S/C20H18N4O2S/c25-18-8-11-27-17-7-6-15(12-16(17)22-18)19(26)23-20-21-9-10-24(20)13-14-4-2-1-3-5-14/h1-7,9-10,12H,8,11,13H2,(H,22,25)(H,21,23,26). The number of benzene rings is 2. The highest BCUT2D eigenvalue weighted by Crippen LogP contribution is 2.31. The van der Waals surface area contributed by atoms with Crippen LogP contribution in [0.1, 0.15) is 22.3 Å². The van der Waals surface area contributed by atoms with Gasteiger partial charge in [-0.05, 0) is 23.8 Å². The Bertz CT molecular complexity index is 985. The summed E-state index contributed by atoms with van der Waals surface area (Å²) >= 11 is 1.61. The number of carbonyl (C=O) groups excluding carboxylic acids is 2. The van der Waals surface area contributed by atoms with E-state index in [4.69, 9.17) is 0 Å². The predicted octanol–water partition coefficient (Wildman–Crippen LogP) is 3.62. The SMILES string of the molecule is O=C1CCSc2ccc(C(=O)Nc3nccn3Cc3ccccc3)cc2N1. The minimum atomic E-state index is -0.262. The van der Waals surface area contributed by atoms with Crippen molar-refractivity contribution in [3.63, 3.8) is 0 Å². The third-order valence-corrected chi connectivity index (χ3v) is 5.31. The molecular weight excluding hydrogens is 360 g/mol. The lowest BCUT2D eigenvalue weighted by atomic mass is 10.2. The number of thioether (sulfide) groups is 1. The maximum absolute atomic E-state index is 12.7. The van der Waals surface area contributed by atoms with Crippen LogP contribution in [0.15, 0.2) is 65.8 Å². The summed E-state index contributed by atoms with van der Waals surface area (Å²) in [7, 11) is 0. The first-order valence-electron chi connectivity index (χ1n) is 8.62. The van der Waals surface area contributed by atoms with Crippen LogP contribution in [-0.4, -0.2) is 27.1 Å². The van der Waals surface area contributed by atoms with Gasteiger partial charge in [-0.2, -0.15) is 0 Å². The molecule has 0 spiro atoms. The second-order valence-corrected chi connectivity index (χ2v) is 7.31. The molecule has 136 valence electrons. The molecule has 0 fully saturated rings. The molecular formula is C20H18N4O2S. The number of hydrogen-bond donors (Lipinski definition) is 2. The van der Waals surface area contributed by atoms with Crippen LogP contribution in [0.3, 0.4) is 0 Å². The van der Waals surface area contributed by atoms with Crippen LogP contribution in [0.25, 0.3) is 0 Å². The van der Waals surface area contributed by atoms with Gasteiger partial charge in [0.05, 0.1) is 12.2 Å². The molecule has 1 aliphatic heterocycles. The Kier molecular flexibility index (Phi) is 4.93. The van der Waals surface area contributed by atoms with Crippen molar-refractivity contribution in [1.29, 1.82) is 0 Å². The first kappa shape index (κ1) is 17.4. The third-order valence-electron chi connectivity index (χ3n) is 4.24. The molecule has 4 rings (SSSR count). The van der Waals surface area contributed by atoms with Crippen LogP contribution >= 0.6 is 11.8 Å². The zero-order valence-electron chi connectivity index (χ0n) is 14.5. The average Bonchev–Trinajstić information content (AvgIpc) is 3.00. The number of nitrogens with one attached hydrogen (secondary N) is 2. The van der Waals surface area contributed by atoms with E-state index < -0.39 is 0 Å². The Hall–Kier alpha value is -3.06. The van der Waals surface area contributed by atoms with Gasteiger partial charge in [0, 0.05) is 35.0 Å². The second kappa shape index (κ2) is 7.67. The van der Waals surface area contributed by atoms with E-state index in [0.29, 0.717) is 30.2 Å². The molecule has 1 aliphatic rings. The number of anilines is 2. The van der Waals surface area contributed by atoms with Crippen LogP contribution in [-0.2, 0) is 11.3 Å². The van der Waals surface area contributed by atoms with Gasteiger partial charge < -0.3 is 9.88 Å². The van der Waals surface area contributed by atoms with E-state index in [1.165, 1.54) is 0 Å². The van der Waals surface area contributed by atoms with Gasteiger partial charge in [-0.15, -0.1) is 11.8 Å². The smallest absolute Gasteiger partial charge is 0.258 e. The van der Waals surface area contributed by atoms with Crippen molar-refractivity contribution < 1.29 is 9.59 Å². The van der Waals surface area contributed by atoms with Crippen LogP contribution in [0.2, 0.25) is 0 Å². The summed E-state index contributed by atoms with van der Waals surface area (Å²) < 4.78 is 1.88. The fraction of sp³-hybridized carbons (Fsp3) is 0.150. The average molecular weight is 378 g/mol. The van der Waals surface area contributed by atoms with Crippen LogP contribution in [0.4, 0.5) is 11.6 Å². The quantitative estimate of drug-likeness (QED) is 0.727. The van der Waals surface area contributed by atoms with Crippen LogP contribution in [0.5, 0.6) is 0 Å². The van der Waals surface area contributed by atoms with Crippen molar-refractivity contribution in [1.82, 2.24) is 9.55 Å². The molecule has 2 N–H and O–H groups in total. The summed E-state index contributed by atoms with van der Waals surface area (Å²) in [5, 5.41) is 5.71. The Balaban J connectivity index is 1.52. The van der Waals surface area contributed by atoms with E-state index >= 15 is 0 Å². The van der Waals surface area contributed by atoms with Crippen LogP contribution in [0, 0.1) is 0 Å². The summed E-state index contributed by atoms with van der Waals surface area (Å²) in [4.78, 5) is 29.7. The molecule has 6 nitrogen and oxygen atoms in total. The van der Waals surface area contributed by atoms with Gasteiger partial charge in [-0.1, -0.05) is 30.3 Å². The van der Waals surface area contributed by atoms with Gasteiger partial charge in [-0.3, -0.25) is 14.9 Å². The van der Waals surface area contributed by atoms with Gasteiger partial charge in [0.1, 0.15) is 0 Å². The second-order valence-electron chi connectivity index (χ2n) is 6.18. The lowest BCUT2D eigenvalue weighted by molar-refractivity contribution is -0.115. The molecule has 0 unspecified atom stereocenters. The highest BCUT2D eigenvalue weighted by atomic mass is 32.2. The molecule has 0 saturated heterocycles. The molecule has 0 aliphatic carbocycles. The molecule has 3 aromatic rings. The van der Waals surface area contributed by atoms with Crippen LogP contribution < -0.4 is 10.6 Å². The molecule has 2 heterocycles. The number of fused-ring (bicyclic) bond motifs is 1. The summed E-state index contributed by atoms with van der Waals surface area (Å²) in [6.45, 7) is 0.618. The third kappa shape index (κ3) is 4.03. The van der Waals surface area contributed by atoms with Crippen molar-refractivity contribution in [3.8, 4) is 0 Å². The number of rotatable bonds is 4. The predicted molar refractivity (Wildman–Crippen MR) is 106 cm³/mol. The van der Waals surface area contributed by atoms with Crippen molar-refractivity contribution in [2.45, 2.75) is 17.9 Å². The number of amides is 2. The number of hydrogen-bond acceptors (Lipinski definition) is 4. The Morgan fingerprint density at radius 1 is 1.22 bits per heavy atom. The highest BCUT2D eigenvalue weighted by molar-refractivity contribution is 7.99. The zero-order chi connectivity index (χ0) is 18.6. The van der Waals surface area contributed by atoms with E-state index in [1.807, 2.05) is 47.2 Å². The monoisotopic (exact) mass is 378 g/mol.